The number of amides is 1. The number of aromatic nitrogens is 4. The fourth-order valence-electron chi connectivity index (χ4n) is 4.01. The van der Waals surface area contributed by atoms with Gasteiger partial charge in [-0.3, -0.25) is 9.36 Å². The normalized spacial score (nSPS) is 14.4. The molecule has 1 aliphatic rings. The number of anilines is 1. The third-order valence-electron chi connectivity index (χ3n) is 5.99. The van der Waals surface area contributed by atoms with E-state index in [1.54, 1.807) is 12.4 Å². The van der Waals surface area contributed by atoms with Crippen molar-refractivity contribution in [1.82, 2.24) is 19.5 Å². The molecule has 162 valence electrons. The first-order valence-corrected chi connectivity index (χ1v) is 11.0. The number of hydrogen-bond acceptors (Lipinski definition) is 5. The van der Waals surface area contributed by atoms with Crippen LogP contribution in [0.4, 0.5) is 5.69 Å². The van der Waals surface area contributed by atoms with Gasteiger partial charge < -0.3 is 10.1 Å². The summed E-state index contributed by atoms with van der Waals surface area (Å²) >= 11 is 0. The van der Waals surface area contributed by atoms with Crippen LogP contribution in [-0.4, -0.2) is 25.4 Å². The maximum Gasteiger partial charge on any atom is 0.224 e. The van der Waals surface area contributed by atoms with Gasteiger partial charge in [0.2, 0.25) is 11.8 Å². The van der Waals surface area contributed by atoms with Crippen molar-refractivity contribution in [2.24, 2.45) is 5.92 Å². The number of rotatable bonds is 7. The molecule has 1 fully saturated rings. The molecule has 1 aromatic carbocycles. The Balaban J connectivity index is 1.33. The maximum atomic E-state index is 12.3. The molecule has 0 spiro atoms. The van der Waals surface area contributed by atoms with Gasteiger partial charge in [-0.05, 0) is 50.5 Å². The third kappa shape index (κ3) is 5.48. The van der Waals surface area contributed by atoms with Gasteiger partial charge in [-0.2, -0.15) is 0 Å². The molecular formula is C24H29N5O2. The molecule has 3 aromatic rings. The summed E-state index contributed by atoms with van der Waals surface area (Å²) in [6, 6.07) is 9.12. The van der Waals surface area contributed by atoms with E-state index in [0.29, 0.717) is 29.8 Å². The van der Waals surface area contributed by atoms with E-state index in [2.05, 4.69) is 20.3 Å². The topological polar surface area (TPSA) is 81.9 Å². The minimum atomic E-state index is 0.0747. The summed E-state index contributed by atoms with van der Waals surface area (Å²) in [5.41, 5.74) is 2.75. The predicted molar refractivity (Wildman–Crippen MR) is 120 cm³/mol. The van der Waals surface area contributed by atoms with Gasteiger partial charge >= 0.3 is 0 Å². The van der Waals surface area contributed by atoms with Crippen LogP contribution in [-0.2, 0) is 4.79 Å². The molecule has 1 N–H and O–H groups in total. The molecule has 7 heteroatoms. The second kappa shape index (κ2) is 9.73. The molecule has 0 unspecified atom stereocenters. The average molecular weight is 420 g/mol. The lowest BCUT2D eigenvalue weighted by Gasteiger charge is -2.21. The van der Waals surface area contributed by atoms with E-state index in [0.717, 1.165) is 23.5 Å². The Bertz CT molecular complexity index is 1020. The van der Waals surface area contributed by atoms with E-state index in [-0.39, 0.29) is 5.91 Å². The Hall–Kier alpha value is -3.22. The second-order valence-electron chi connectivity index (χ2n) is 8.22. The molecule has 1 saturated carbocycles. The van der Waals surface area contributed by atoms with Crippen molar-refractivity contribution in [3.05, 3.63) is 54.4 Å². The summed E-state index contributed by atoms with van der Waals surface area (Å²) in [5.74, 6) is 2.57. The largest absolute Gasteiger partial charge is 0.439 e. The quantitative estimate of drug-likeness (QED) is 0.557. The van der Waals surface area contributed by atoms with Crippen LogP contribution in [0.1, 0.15) is 56.3 Å². The zero-order valence-corrected chi connectivity index (χ0v) is 18.2. The van der Waals surface area contributed by atoms with Crippen molar-refractivity contribution in [1.29, 1.82) is 0 Å². The van der Waals surface area contributed by atoms with Crippen molar-refractivity contribution in [2.45, 2.75) is 58.8 Å². The molecule has 7 nitrogen and oxygen atoms in total. The number of carbonyl (C=O) groups is 1. The van der Waals surface area contributed by atoms with Gasteiger partial charge in [-0.25, -0.2) is 15.0 Å². The van der Waals surface area contributed by atoms with Crippen molar-refractivity contribution in [3.8, 4) is 17.4 Å². The summed E-state index contributed by atoms with van der Waals surface area (Å²) in [5, 5.41) is 2.98. The van der Waals surface area contributed by atoms with E-state index < -0.39 is 0 Å². The zero-order valence-electron chi connectivity index (χ0n) is 18.2. The predicted octanol–water partition coefficient (Wildman–Crippen LogP) is 5.37. The number of aryl methyl sites for hydroxylation is 1. The first kappa shape index (κ1) is 21.0. The number of nitrogens with one attached hydrogen (secondary N) is 1. The van der Waals surface area contributed by atoms with Crippen LogP contribution in [0, 0.1) is 19.8 Å². The van der Waals surface area contributed by atoms with Crippen molar-refractivity contribution in [3.63, 3.8) is 0 Å². The minimum Gasteiger partial charge on any atom is -0.439 e. The number of imidazole rings is 1. The number of hydrogen-bond donors (Lipinski definition) is 1. The molecule has 4 rings (SSSR count). The molecule has 1 amide bonds. The molecule has 0 atom stereocenters. The highest BCUT2D eigenvalue weighted by atomic mass is 16.5. The van der Waals surface area contributed by atoms with Crippen LogP contribution in [0.15, 0.2) is 43.0 Å². The molecule has 0 bridgehead atoms. The molecule has 1 aliphatic carbocycles. The second-order valence-corrected chi connectivity index (χ2v) is 8.22. The van der Waals surface area contributed by atoms with Gasteiger partial charge in [-0.1, -0.05) is 32.1 Å². The molecular weight excluding hydrogens is 390 g/mol. The van der Waals surface area contributed by atoms with Gasteiger partial charge in [0.05, 0.1) is 5.69 Å². The highest BCUT2D eigenvalue weighted by molar-refractivity contribution is 5.90. The highest BCUT2D eigenvalue weighted by Gasteiger charge is 2.15. The summed E-state index contributed by atoms with van der Waals surface area (Å²) in [6.07, 6.45) is 11.3. The van der Waals surface area contributed by atoms with E-state index in [1.165, 1.54) is 38.4 Å². The van der Waals surface area contributed by atoms with Crippen LogP contribution >= 0.6 is 0 Å². The summed E-state index contributed by atoms with van der Waals surface area (Å²) < 4.78 is 7.78. The van der Waals surface area contributed by atoms with E-state index in [1.807, 2.05) is 42.7 Å². The Morgan fingerprint density at radius 2 is 1.87 bits per heavy atom. The van der Waals surface area contributed by atoms with E-state index in [9.17, 15) is 4.79 Å². The molecule has 31 heavy (non-hydrogen) atoms. The lowest BCUT2D eigenvalue weighted by molar-refractivity contribution is -0.116. The van der Waals surface area contributed by atoms with Gasteiger partial charge in [0.15, 0.2) is 0 Å². The first-order chi connectivity index (χ1) is 15.1. The third-order valence-corrected chi connectivity index (χ3v) is 5.99. The summed E-state index contributed by atoms with van der Waals surface area (Å²) in [4.78, 5) is 25.1. The van der Waals surface area contributed by atoms with Crippen LogP contribution in [0.5, 0.6) is 11.6 Å². The smallest absolute Gasteiger partial charge is 0.224 e. The molecule has 0 aliphatic heterocycles. The maximum absolute atomic E-state index is 12.3. The minimum absolute atomic E-state index is 0.0747. The summed E-state index contributed by atoms with van der Waals surface area (Å²) in [7, 11) is 0. The van der Waals surface area contributed by atoms with Crippen molar-refractivity contribution in [2.75, 3.05) is 5.32 Å². The van der Waals surface area contributed by atoms with Crippen LogP contribution in [0.3, 0.4) is 0 Å². The number of ether oxygens (including phenoxy) is 1. The fourth-order valence-corrected chi connectivity index (χ4v) is 4.01. The summed E-state index contributed by atoms with van der Waals surface area (Å²) in [6.45, 7) is 3.95. The van der Waals surface area contributed by atoms with Gasteiger partial charge in [-0.15, -0.1) is 0 Å². The first-order valence-electron chi connectivity index (χ1n) is 11.0. The van der Waals surface area contributed by atoms with E-state index >= 15 is 0 Å². The monoisotopic (exact) mass is 419 g/mol. The Kier molecular flexibility index (Phi) is 6.60. The number of benzene rings is 1. The number of carbonyl (C=O) groups excluding carboxylic acids is 1. The van der Waals surface area contributed by atoms with E-state index in [4.69, 9.17) is 4.74 Å². The highest BCUT2D eigenvalue weighted by Crippen LogP contribution is 2.28. The fraction of sp³-hybridized carbons (Fsp3) is 0.417. The lowest BCUT2D eigenvalue weighted by Crippen LogP contribution is -2.14. The van der Waals surface area contributed by atoms with Gasteiger partial charge in [0.25, 0.3) is 0 Å². The van der Waals surface area contributed by atoms with Gasteiger partial charge in [0, 0.05) is 23.9 Å². The average Bonchev–Trinajstić information content (AvgIpc) is 3.13. The van der Waals surface area contributed by atoms with Crippen LogP contribution in [0.25, 0.3) is 5.82 Å². The standard InChI is InChI=1S/C24H29N5O2/c1-17-18(2)29(16-27-17)22-14-24(26-15-25-22)31-21-11-9-20(10-12-21)28-23(30)13-8-19-6-4-3-5-7-19/h9-12,14-16,19H,3-8,13H2,1-2H3,(H,28,30). The SMILES string of the molecule is Cc1ncn(-c2cc(Oc3ccc(NC(=O)CCC4CCCCC4)cc3)ncn2)c1C. The van der Waals surface area contributed by atoms with Crippen molar-refractivity contribution < 1.29 is 9.53 Å². The number of nitrogens with zero attached hydrogens (tertiary/aromatic N) is 4. The Labute approximate surface area is 182 Å². The van der Waals surface area contributed by atoms with Gasteiger partial charge in [0.1, 0.15) is 24.2 Å². The molecule has 2 heterocycles. The lowest BCUT2D eigenvalue weighted by atomic mass is 9.86. The van der Waals surface area contributed by atoms with Crippen LogP contribution < -0.4 is 10.1 Å². The zero-order chi connectivity index (χ0) is 21.6. The molecule has 0 radical (unpaired) electrons. The van der Waals surface area contributed by atoms with Crippen molar-refractivity contribution >= 4 is 11.6 Å². The molecule has 2 aromatic heterocycles. The Morgan fingerprint density at radius 3 is 2.58 bits per heavy atom. The Morgan fingerprint density at radius 1 is 1.10 bits per heavy atom. The molecule has 0 saturated heterocycles. The van der Waals surface area contributed by atoms with Crippen LogP contribution in [0.2, 0.25) is 0 Å².